The molecule has 1 aliphatic heterocycles. The summed E-state index contributed by atoms with van der Waals surface area (Å²) in [5, 5.41) is 0. The number of hydrogen-bond acceptors (Lipinski definition) is 3. The van der Waals surface area contributed by atoms with E-state index in [-0.39, 0.29) is 6.79 Å². The van der Waals surface area contributed by atoms with Crippen LogP contribution in [0.5, 0.6) is 11.5 Å². The van der Waals surface area contributed by atoms with E-state index in [9.17, 15) is 0 Å². The highest BCUT2D eigenvalue weighted by Crippen LogP contribution is 2.41. The predicted octanol–water partition coefficient (Wildman–Crippen LogP) is 1.64. The van der Waals surface area contributed by atoms with Crippen molar-refractivity contribution in [3.63, 3.8) is 0 Å². The maximum atomic E-state index is 5.52. The van der Waals surface area contributed by atoms with E-state index >= 15 is 0 Å². The Morgan fingerprint density at radius 3 is 2.83 bits per heavy atom. The van der Waals surface area contributed by atoms with Crippen LogP contribution >= 0.6 is 15.9 Å². The van der Waals surface area contributed by atoms with Gasteiger partial charge in [-0.05, 0) is 22.0 Å². The first-order valence-corrected chi connectivity index (χ1v) is 4.39. The first kappa shape index (κ1) is 7.89. The zero-order chi connectivity index (χ0) is 8.55. The molecule has 0 unspecified atom stereocenters. The molecule has 0 radical (unpaired) electrons. The van der Waals surface area contributed by atoms with Crippen molar-refractivity contribution < 1.29 is 9.47 Å². The van der Waals surface area contributed by atoms with Crippen LogP contribution in [0.1, 0.15) is 5.56 Å². The Bertz CT molecular complexity index is 314. The first-order valence-electron chi connectivity index (χ1n) is 3.60. The molecule has 1 aliphatic rings. The van der Waals surface area contributed by atoms with Crippen LogP contribution in [0.3, 0.4) is 0 Å². The van der Waals surface area contributed by atoms with Crippen molar-refractivity contribution in [3.8, 4) is 11.5 Å². The van der Waals surface area contributed by atoms with Gasteiger partial charge in [0, 0.05) is 12.1 Å². The lowest BCUT2D eigenvalue weighted by Gasteiger charge is -2.03. The summed E-state index contributed by atoms with van der Waals surface area (Å²) >= 11 is 3.36. The molecule has 2 rings (SSSR count). The van der Waals surface area contributed by atoms with E-state index < -0.39 is 0 Å². The van der Waals surface area contributed by atoms with E-state index in [2.05, 4.69) is 15.9 Å². The summed E-state index contributed by atoms with van der Waals surface area (Å²) in [7, 11) is 0. The monoisotopic (exact) mass is 229 g/mol. The molecule has 12 heavy (non-hydrogen) atoms. The standard InChI is InChI=1S/C8H8BrNO2/c9-6-2-1-5(3-10)7-8(6)12-4-11-7/h1-2H,3-4,10H2. The van der Waals surface area contributed by atoms with E-state index in [1.54, 1.807) is 0 Å². The molecule has 0 aliphatic carbocycles. The molecule has 0 fully saturated rings. The lowest BCUT2D eigenvalue weighted by atomic mass is 10.2. The predicted molar refractivity (Wildman–Crippen MR) is 48.2 cm³/mol. The number of fused-ring (bicyclic) bond motifs is 1. The van der Waals surface area contributed by atoms with Crippen LogP contribution < -0.4 is 15.2 Å². The van der Waals surface area contributed by atoms with Crippen LogP contribution in [-0.4, -0.2) is 6.79 Å². The molecule has 0 aromatic heterocycles. The Labute approximate surface area is 78.6 Å². The minimum atomic E-state index is 0.283. The quantitative estimate of drug-likeness (QED) is 0.797. The van der Waals surface area contributed by atoms with Crippen LogP contribution in [0.4, 0.5) is 0 Å². The van der Waals surface area contributed by atoms with Crippen molar-refractivity contribution in [3.05, 3.63) is 22.2 Å². The number of nitrogens with two attached hydrogens (primary N) is 1. The Morgan fingerprint density at radius 2 is 2.08 bits per heavy atom. The lowest BCUT2D eigenvalue weighted by molar-refractivity contribution is 0.173. The van der Waals surface area contributed by atoms with Gasteiger partial charge < -0.3 is 15.2 Å². The summed E-state index contributed by atoms with van der Waals surface area (Å²) in [5.74, 6) is 1.53. The van der Waals surface area contributed by atoms with Crippen LogP contribution in [0, 0.1) is 0 Å². The van der Waals surface area contributed by atoms with Crippen molar-refractivity contribution >= 4 is 15.9 Å². The zero-order valence-electron chi connectivity index (χ0n) is 6.34. The number of ether oxygens (including phenoxy) is 2. The second-order valence-corrected chi connectivity index (χ2v) is 3.33. The summed E-state index contributed by atoms with van der Waals surface area (Å²) in [6.07, 6.45) is 0. The van der Waals surface area contributed by atoms with Gasteiger partial charge in [0.25, 0.3) is 0 Å². The molecule has 0 saturated heterocycles. The van der Waals surface area contributed by atoms with E-state index in [0.29, 0.717) is 6.54 Å². The molecule has 0 atom stereocenters. The number of halogens is 1. The summed E-state index contributed by atoms with van der Waals surface area (Å²) in [5.41, 5.74) is 6.50. The fourth-order valence-electron chi connectivity index (χ4n) is 1.18. The van der Waals surface area contributed by atoms with Crippen molar-refractivity contribution in [1.82, 2.24) is 0 Å². The minimum absolute atomic E-state index is 0.283. The van der Waals surface area contributed by atoms with E-state index in [0.717, 1.165) is 21.5 Å². The second kappa shape index (κ2) is 2.95. The van der Waals surface area contributed by atoms with Gasteiger partial charge in [-0.3, -0.25) is 0 Å². The second-order valence-electron chi connectivity index (χ2n) is 2.48. The van der Waals surface area contributed by atoms with Crippen LogP contribution in [0.15, 0.2) is 16.6 Å². The first-order chi connectivity index (χ1) is 5.83. The fourth-order valence-corrected chi connectivity index (χ4v) is 1.61. The van der Waals surface area contributed by atoms with E-state index in [1.165, 1.54) is 0 Å². The molecular weight excluding hydrogens is 222 g/mol. The summed E-state index contributed by atoms with van der Waals surface area (Å²) < 4.78 is 11.4. The summed E-state index contributed by atoms with van der Waals surface area (Å²) in [6, 6.07) is 3.84. The van der Waals surface area contributed by atoms with Gasteiger partial charge in [0.05, 0.1) is 4.47 Å². The third kappa shape index (κ3) is 1.07. The fraction of sp³-hybridized carbons (Fsp3) is 0.250. The van der Waals surface area contributed by atoms with Crippen LogP contribution in [0.25, 0.3) is 0 Å². The maximum absolute atomic E-state index is 5.52. The van der Waals surface area contributed by atoms with Gasteiger partial charge in [-0.25, -0.2) is 0 Å². The molecule has 1 aromatic carbocycles. The minimum Gasteiger partial charge on any atom is -0.453 e. The van der Waals surface area contributed by atoms with E-state index in [4.69, 9.17) is 15.2 Å². The Hall–Kier alpha value is -0.740. The van der Waals surface area contributed by atoms with Crippen molar-refractivity contribution in [2.75, 3.05) is 6.79 Å². The molecule has 2 N–H and O–H groups in total. The Morgan fingerprint density at radius 1 is 1.33 bits per heavy atom. The number of benzene rings is 1. The van der Waals surface area contributed by atoms with Gasteiger partial charge in [-0.15, -0.1) is 0 Å². The van der Waals surface area contributed by atoms with Gasteiger partial charge in [0.2, 0.25) is 6.79 Å². The van der Waals surface area contributed by atoms with Gasteiger partial charge in [0.1, 0.15) is 0 Å². The molecule has 0 spiro atoms. The highest BCUT2D eigenvalue weighted by atomic mass is 79.9. The normalized spacial score (nSPS) is 13.5. The highest BCUT2D eigenvalue weighted by Gasteiger charge is 2.19. The molecule has 64 valence electrons. The zero-order valence-corrected chi connectivity index (χ0v) is 7.93. The molecule has 3 nitrogen and oxygen atoms in total. The van der Waals surface area contributed by atoms with Crippen molar-refractivity contribution in [2.24, 2.45) is 5.73 Å². The molecular formula is C8H8BrNO2. The van der Waals surface area contributed by atoms with Crippen LogP contribution in [0.2, 0.25) is 0 Å². The largest absolute Gasteiger partial charge is 0.453 e. The highest BCUT2D eigenvalue weighted by molar-refractivity contribution is 9.10. The third-order valence-electron chi connectivity index (χ3n) is 1.77. The third-order valence-corrected chi connectivity index (χ3v) is 2.40. The summed E-state index contributed by atoms with van der Waals surface area (Å²) in [6.45, 7) is 0.754. The molecule has 0 amide bonds. The topological polar surface area (TPSA) is 44.5 Å². The number of rotatable bonds is 1. The molecule has 1 heterocycles. The van der Waals surface area contributed by atoms with Gasteiger partial charge in [0.15, 0.2) is 11.5 Å². The van der Waals surface area contributed by atoms with E-state index in [1.807, 2.05) is 12.1 Å². The Balaban J connectivity index is 2.57. The lowest BCUT2D eigenvalue weighted by Crippen LogP contribution is -1.98. The van der Waals surface area contributed by atoms with Gasteiger partial charge in [-0.2, -0.15) is 0 Å². The average molecular weight is 230 g/mol. The van der Waals surface area contributed by atoms with Gasteiger partial charge >= 0.3 is 0 Å². The summed E-state index contributed by atoms with van der Waals surface area (Å²) in [4.78, 5) is 0. The smallest absolute Gasteiger partial charge is 0.231 e. The van der Waals surface area contributed by atoms with Gasteiger partial charge in [-0.1, -0.05) is 6.07 Å². The van der Waals surface area contributed by atoms with Crippen molar-refractivity contribution in [1.29, 1.82) is 0 Å². The molecule has 4 heteroatoms. The molecule has 0 bridgehead atoms. The number of hydrogen-bond donors (Lipinski definition) is 1. The average Bonchev–Trinajstić information content (AvgIpc) is 2.54. The molecule has 1 aromatic rings. The SMILES string of the molecule is NCc1ccc(Br)c2c1OCO2. The maximum Gasteiger partial charge on any atom is 0.231 e. The van der Waals surface area contributed by atoms with Crippen LogP contribution in [-0.2, 0) is 6.54 Å². The Kier molecular flexibility index (Phi) is 1.94. The van der Waals surface area contributed by atoms with Crippen molar-refractivity contribution in [2.45, 2.75) is 6.54 Å². The molecule has 0 saturated carbocycles.